The SMILES string of the molecule is O=CCCC#CCCCCCOCc1ccccc1. The summed E-state index contributed by atoms with van der Waals surface area (Å²) >= 11 is 0. The topological polar surface area (TPSA) is 26.3 Å². The summed E-state index contributed by atoms with van der Waals surface area (Å²) in [6.45, 7) is 1.51. The van der Waals surface area contributed by atoms with Gasteiger partial charge in [-0.05, 0) is 18.4 Å². The standard InChI is InChI=1S/C17H22O2/c18-14-10-5-3-1-2-4-6-11-15-19-16-17-12-8-7-9-13-17/h7-9,12-14H,2,4-6,10-11,15-16H2. The Hall–Kier alpha value is -1.59. The number of carbonyl (C=O) groups is 1. The Balaban J connectivity index is 1.88. The Morgan fingerprint density at radius 2 is 1.79 bits per heavy atom. The van der Waals surface area contributed by atoms with Crippen molar-refractivity contribution >= 4 is 6.29 Å². The second kappa shape index (κ2) is 11.5. The van der Waals surface area contributed by atoms with Gasteiger partial charge in [0.15, 0.2) is 0 Å². The molecular formula is C17H22O2. The van der Waals surface area contributed by atoms with Crippen molar-refractivity contribution in [2.45, 2.75) is 45.1 Å². The molecule has 0 radical (unpaired) electrons. The molecule has 0 saturated carbocycles. The van der Waals surface area contributed by atoms with Gasteiger partial charge in [-0.15, -0.1) is 11.8 Å². The summed E-state index contributed by atoms with van der Waals surface area (Å²) in [6, 6.07) is 10.2. The molecule has 0 bridgehead atoms. The molecule has 0 unspecified atom stereocenters. The second-order valence-corrected chi connectivity index (χ2v) is 4.41. The molecule has 2 heteroatoms. The monoisotopic (exact) mass is 258 g/mol. The van der Waals surface area contributed by atoms with Crippen LogP contribution in [0, 0.1) is 11.8 Å². The van der Waals surface area contributed by atoms with Crippen molar-refractivity contribution < 1.29 is 9.53 Å². The van der Waals surface area contributed by atoms with E-state index in [0.717, 1.165) is 38.6 Å². The highest BCUT2D eigenvalue weighted by Gasteiger charge is 1.92. The quantitative estimate of drug-likeness (QED) is 0.383. The maximum absolute atomic E-state index is 10.1. The van der Waals surface area contributed by atoms with Crippen LogP contribution in [-0.2, 0) is 16.1 Å². The number of rotatable bonds is 9. The van der Waals surface area contributed by atoms with E-state index in [4.69, 9.17) is 4.74 Å². The van der Waals surface area contributed by atoms with Gasteiger partial charge in [0.2, 0.25) is 0 Å². The van der Waals surface area contributed by atoms with Crippen LogP contribution in [0.3, 0.4) is 0 Å². The van der Waals surface area contributed by atoms with Crippen LogP contribution < -0.4 is 0 Å². The maximum atomic E-state index is 10.1. The van der Waals surface area contributed by atoms with Gasteiger partial charge in [-0.2, -0.15) is 0 Å². The number of hydrogen-bond acceptors (Lipinski definition) is 2. The first-order valence-corrected chi connectivity index (χ1v) is 6.94. The van der Waals surface area contributed by atoms with Crippen molar-refractivity contribution in [2.24, 2.45) is 0 Å². The van der Waals surface area contributed by atoms with Crippen LogP contribution >= 0.6 is 0 Å². The third kappa shape index (κ3) is 9.04. The van der Waals surface area contributed by atoms with E-state index in [0.29, 0.717) is 19.4 Å². The Bertz CT molecular complexity index is 387. The van der Waals surface area contributed by atoms with Crippen molar-refractivity contribution in [1.29, 1.82) is 0 Å². The number of hydrogen-bond donors (Lipinski definition) is 0. The minimum atomic E-state index is 0.556. The number of unbranched alkanes of at least 4 members (excludes halogenated alkanes) is 4. The van der Waals surface area contributed by atoms with Gasteiger partial charge in [-0.1, -0.05) is 36.8 Å². The molecule has 0 fully saturated rings. The van der Waals surface area contributed by atoms with E-state index in [-0.39, 0.29) is 0 Å². The summed E-state index contributed by atoms with van der Waals surface area (Å²) in [5.74, 6) is 6.08. The molecule has 1 aromatic carbocycles. The van der Waals surface area contributed by atoms with Gasteiger partial charge < -0.3 is 9.53 Å². The Morgan fingerprint density at radius 3 is 2.58 bits per heavy atom. The Morgan fingerprint density at radius 1 is 1.00 bits per heavy atom. The average Bonchev–Trinajstić information content (AvgIpc) is 2.46. The molecule has 19 heavy (non-hydrogen) atoms. The van der Waals surface area contributed by atoms with Crippen molar-refractivity contribution in [3.8, 4) is 11.8 Å². The molecule has 0 spiro atoms. The van der Waals surface area contributed by atoms with Gasteiger partial charge >= 0.3 is 0 Å². The summed E-state index contributed by atoms with van der Waals surface area (Å²) in [6.07, 6.45) is 6.45. The molecule has 0 amide bonds. The average molecular weight is 258 g/mol. The van der Waals surface area contributed by atoms with E-state index >= 15 is 0 Å². The second-order valence-electron chi connectivity index (χ2n) is 4.41. The Labute approximate surface area is 116 Å². The van der Waals surface area contributed by atoms with Gasteiger partial charge in [0.1, 0.15) is 6.29 Å². The third-order valence-electron chi connectivity index (χ3n) is 2.71. The third-order valence-corrected chi connectivity index (χ3v) is 2.71. The lowest BCUT2D eigenvalue weighted by molar-refractivity contribution is -0.107. The van der Waals surface area contributed by atoms with Crippen molar-refractivity contribution in [1.82, 2.24) is 0 Å². The zero-order valence-electron chi connectivity index (χ0n) is 11.4. The number of carbonyl (C=O) groups excluding carboxylic acids is 1. The van der Waals surface area contributed by atoms with E-state index < -0.39 is 0 Å². The summed E-state index contributed by atoms with van der Waals surface area (Å²) in [4.78, 5) is 10.1. The number of aldehydes is 1. The first-order valence-electron chi connectivity index (χ1n) is 6.94. The molecule has 0 atom stereocenters. The van der Waals surface area contributed by atoms with Crippen molar-refractivity contribution in [3.05, 3.63) is 35.9 Å². The highest BCUT2D eigenvalue weighted by molar-refractivity contribution is 5.49. The zero-order chi connectivity index (χ0) is 13.6. The van der Waals surface area contributed by atoms with Crippen LogP contribution in [0.25, 0.3) is 0 Å². The highest BCUT2D eigenvalue weighted by Crippen LogP contribution is 2.03. The first-order chi connectivity index (χ1) is 9.43. The molecule has 0 aliphatic carbocycles. The van der Waals surface area contributed by atoms with Gasteiger partial charge in [-0.25, -0.2) is 0 Å². The first kappa shape index (κ1) is 15.5. The molecule has 1 rings (SSSR count). The molecule has 0 N–H and O–H groups in total. The molecule has 0 aromatic heterocycles. The maximum Gasteiger partial charge on any atom is 0.120 e. The van der Waals surface area contributed by atoms with Crippen LogP contribution in [0.5, 0.6) is 0 Å². The largest absolute Gasteiger partial charge is 0.377 e. The van der Waals surface area contributed by atoms with Crippen molar-refractivity contribution in [3.63, 3.8) is 0 Å². The fourth-order valence-electron chi connectivity index (χ4n) is 1.67. The van der Waals surface area contributed by atoms with E-state index in [9.17, 15) is 4.79 Å². The zero-order valence-corrected chi connectivity index (χ0v) is 11.4. The summed E-state index contributed by atoms with van der Waals surface area (Å²) in [5, 5.41) is 0. The van der Waals surface area contributed by atoms with E-state index in [2.05, 4.69) is 24.0 Å². The van der Waals surface area contributed by atoms with Gasteiger partial charge in [-0.3, -0.25) is 0 Å². The van der Waals surface area contributed by atoms with E-state index in [1.54, 1.807) is 0 Å². The molecular weight excluding hydrogens is 236 g/mol. The molecule has 0 saturated heterocycles. The normalized spacial score (nSPS) is 9.68. The predicted molar refractivity (Wildman–Crippen MR) is 77.6 cm³/mol. The van der Waals surface area contributed by atoms with Gasteiger partial charge in [0, 0.05) is 25.9 Å². The lowest BCUT2D eigenvalue weighted by Crippen LogP contribution is -1.95. The van der Waals surface area contributed by atoms with Crippen LogP contribution in [0.1, 0.15) is 44.1 Å². The van der Waals surface area contributed by atoms with Crippen LogP contribution in [0.2, 0.25) is 0 Å². The highest BCUT2D eigenvalue weighted by atomic mass is 16.5. The molecule has 102 valence electrons. The molecule has 0 heterocycles. The number of benzene rings is 1. The van der Waals surface area contributed by atoms with Crippen LogP contribution in [0.15, 0.2) is 30.3 Å². The van der Waals surface area contributed by atoms with Crippen LogP contribution in [-0.4, -0.2) is 12.9 Å². The van der Waals surface area contributed by atoms with E-state index in [1.807, 2.05) is 18.2 Å². The summed E-state index contributed by atoms with van der Waals surface area (Å²) in [7, 11) is 0. The minimum absolute atomic E-state index is 0.556. The van der Waals surface area contributed by atoms with Gasteiger partial charge in [0.05, 0.1) is 6.61 Å². The predicted octanol–water partition coefficient (Wildman–Crippen LogP) is 3.75. The molecule has 1 aromatic rings. The molecule has 0 aliphatic heterocycles. The van der Waals surface area contributed by atoms with Gasteiger partial charge in [0.25, 0.3) is 0 Å². The van der Waals surface area contributed by atoms with E-state index in [1.165, 1.54) is 5.56 Å². The lowest BCUT2D eigenvalue weighted by atomic mass is 10.2. The summed E-state index contributed by atoms with van der Waals surface area (Å²) < 4.78 is 5.60. The molecule has 0 aliphatic rings. The fraction of sp³-hybridized carbons (Fsp3) is 0.471. The molecule has 2 nitrogen and oxygen atoms in total. The lowest BCUT2D eigenvalue weighted by Gasteiger charge is -2.03. The van der Waals surface area contributed by atoms with Crippen LogP contribution in [0.4, 0.5) is 0 Å². The Kier molecular flexibility index (Phi) is 9.36. The minimum Gasteiger partial charge on any atom is -0.377 e. The fourth-order valence-corrected chi connectivity index (χ4v) is 1.67. The summed E-state index contributed by atoms with van der Waals surface area (Å²) in [5.41, 5.74) is 1.23. The smallest absolute Gasteiger partial charge is 0.120 e. The van der Waals surface area contributed by atoms with Crippen molar-refractivity contribution in [2.75, 3.05) is 6.61 Å². The number of ether oxygens (including phenoxy) is 1.